The Hall–Kier alpha value is -2.90. The molecule has 0 spiro atoms. The van der Waals surface area contributed by atoms with Gasteiger partial charge in [-0.25, -0.2) is 0 Å². The molecule has 0 aliphatic carbocycles. The second kappa shape index (κ2) is 58.9. The summed E-state index contributed by atoms with van der Waals surface area (Å²) in [6.45, 7) is 4.07. The van der Waals surface area contributed by atoms with Crippen LogP contribution in [0.3, 0.4) is 0 Å². The topological polar surface area (TPSA) is 175 Å². The van der Waals surface area contributed by atoms with E-state index >= 15 is 0 Å². The van der Waals surface area contributed by atoms with Crippen LogP contribution >= 0.6 is 0 Å². The lowest BCUT2D eigenvalue weighted by atomic mass is 9.99. The summed E-state index contributed by atoms with van der Waals surface area (Å²) in [5, 5.41) is 54.2. The zero-order valence-electron chi connectivity index (χ0n) is 52.0. The van der Waals surface area contributed by atoms with Crippen LogP contribution in [0.25, 0.3) is 0 Å². The third-order valence-electron chi connectivity index (χ3n) is 15.6. The quantitative estimate of drug-likeness (QED) is 0.0195. The van der Waals surface area contributed by atoms with Gasteiger partial charge in [0.2, 0.25) is 5.91 Å². The molecule has 1 heterocycles. The smallest absolute Gasteiger partial charge is 0.305 e. The maximum atomic E-state index is 13.0. The summed E-state index contributed by atoms with van der Waals surface area (Å²) in [5.74, 6) is -0.206. The number of allylic oxidation sites excluding steroid dienone is 11. The molecule has 0 bridgehead atoms. The molecule has 0 aromatic rings. The third kappa shape index (κ3) is 48.1. The fraction of sp³-hybridized carbons (Fsp3) is 0.800. The average Bonchev–Trinajstić information content (AvgIpc) is 3.47. The van der Waals surface area contributed by atoms with Crippen LogP contribution in [0, 0.1) is 0 Å². The van der Waals surface area contributed by atoms with Crippen molar-refractivity contribution in [3.8, 4) is 0 Å². The Labute approximate surface area is 496 Å². The van der Waals surface area contributed by atoms with Crippen LogP contribution in [0.2, 0.25) is 0 Å². The zero-order valence-corrected chi connectivity index (χ0v) is 52.0. The second-order valence-electron chi connectivity index (χ2n) is 23.2. The van der Waals surface area contributed by atoms with Crippen LogP contribution in [0.5, 0.6) is 0 Å². The number of ether oxygens (including phenoxy) is 3. The Balaban J connectivity index is 1.94. The molecule has 0 aromatic carbocycles. The largest absolute Gasteiger partial charge is 0.466 e. The van der Waals surface area contributed by atoms with Gasteiger partial charge in [-0.1, -0.05) is 247 Å². The predicted molar refractivity (Wildman–Crippen MR) is 338 cm³/mol. The number of unbranched alkanes of at least 4 members (excludes halogenated alkanes) is 35. The molecule has 81 heavy (non-hydrogen) atoms. The Morgan fingerprint density at radius 3 is 1.37 bits per heavy atom. The Morgan fingerprint density at radius 2 is 0.889 bits per heavy atom. The molecule has 1 fully saturated rings. The maximum Gasteiger partial charge on any atom is 0.305 e. The number of carbonyl (C=O) groups is 2. The Kier molecular flexibility index (Phi) is 55.3. The molecule has 470 valence electrons. The summed E-state index contributed by atoms with van der Waals surface area (Å²) in [7, 11) is 0. The number of hydrogen-bond donors (Lipinski definition) is 6. The van der Waals surface area contributed by atoms with Gasteiger partial charge in [-0.15, -0.1) is 0 Å². The first-order valence-electron chi connectivity index (χ1n) is 33.7. The molecule has 11 heteroatoms. The van der Waals surface area contributed by atoms with Crippen LogP contribution in [0.15, 0.2) is 72.9 Å². The van der Waals surface area contributed by atoms with Crippen molar-refractivity contribution in [2.24, 2.45) is 0 Å². The van der Waals surface area contributed by atoms with E-state index in [1.807, 2.05) is 19.1 Å². The lowest BCUT2D eigenvalue weighted by Crippen LogP contribution is -2.60. The molecule has 0 aromatic heterocycles. The number of aliphatic hydroxyl groups is 5. The lowest BCUT2D eigenvalue weighted by molar-refractivity contribution is -0.302. The molecule has 7 atom stereocenters. The molecule has 1 saturated heterocycles. The second-order valence-corrected chi connectivity index (χ2v) is 23.2. The Morgan fingerprint density at radius 1 is 0.481 bits per heavy atom. The van der Waals surface area contributed by atoms with Gasteiger partial charge in [0.25, 0.3) is 0 Å². The number of nitrogens with one attached hydrogen (secondary N) is 1. The van der Waals surface area contributed by atoms with Crippen molar-refractivity contribution in [2.75, 3.05) is 19.8 Å². The molecular formula is C70H125NO10. The van der Waals surface area contributed by atoms with Crippen LogP contribution in [-0.2, 0) is 23.8 Å². The monoisotopic (exact) mass is 1140 g/mol. The summed E-state index contributed by atoms with van der Waals surface area (Å²) >= 11 is 0. The van der Waals surface area contributed by atoms with Gasteiger partial charge in [-0.05, 0) is 110 Å². The molecule has 0 saturated carbocycles. The highest BCUT2D eigenvalue weighted by Crippen LogP contribution is 2.23. The van der Waals surface area contributed by atoms with Crippen molar-refractivity contribution < 1.29 is 49.3 Å². The van der Waals surface area contributed by atoms with E-state index in [4.69, 9.17) is 14.2 Å². The van der Waals surface area contributed by atoms with Crippen molar-refractivity contribution in [2.45, 2.75) is 339 Å². The van der Waals surface area contributed by atoms with Gasteiger partial charge < -0.3 is 45.1 Å². The van der Waals surface area contributed by atoms with Gasteiger partial charge in [0.1, 0.15) is 24.4 Å². The first-order chi connectivity index (χ1) is 39.7. The van der Waals surface area contributed by atoms with Gasteiger partial charge in [0.05, 0.1) is 32.0 Å². The van der Waals surface area contributed by atoms with E-state index in [1.54, 1.807) is 6.08 Å². The van der Waals surface area contributed by atoms with Crippen LogP contribution in [0.1, 0.15) is 296 Å². The first-order valence-corrected chi connectivity index (χ1v) is 33.7. The molecule has 1 rings (SSSR count). The van der Waals surface area contributed by atoms with Crippen LogP contribution in [-0.4, -0.2) is 100 Å². The van der Waals surface area contributed by atoms with Crippen LogP contribution in [0.4, 0.5) is 0 Å². The number of aliphatic hydroxyl groups excluding tert-OH is 5. The van der Waals surface area contributed by atoms with Gasteiger partial charge in [0, 0.05) is 12.8 Å². The number of hydrogen-bond acceptors (Lipinski definition) is 10. The molecule has 1 aliphatic rings. The van der Waals surface area contributed by atoms with Gasteiger partial charge in [0.15, 0.2) is 6.29 Å². The number of amides is 1. The fourth-order valence-corrected chi connectivity index (χ4v) is 10.3. The van der Waals surface area contributed by atoms with Crippen molar-refractivity contribution >= 4 is 11.9 Å². The SMILES string of the molecule is C/C=C/CC/C=C/CC/C=C/C(O)C(COC1OC(CO)C(O)C(O)C1O)NC(=O)CCCCCCCCCCCC/C=C\CCCCCCCCCCCCCCOC(=O)CCCCCCCCC/C=C\C/C=C\CCCCCC. The molecular weight excluding hydrogens is 1010 g/mol. The van der Waals surface area contributed by atoms with E-state index < -0.39 is 49.5 Å². The standard InChI is InChI=1S/C70H125NO10/c1-3-5-7-9-11-13-14-15-16-17-29-32-35-38-42-46-50-54-58-66(75)79-59-55-51-47-43-39-36-33-30-27-25-23-21-19-18-20-22-24-26-28-31-34-37-41-45-49-53-57-65(74)71-62(63(73)56-52-48-44-40-12-10-8-6-4-2)61-80-70-69(78)68(77)67(76)64(60-72)81-70/h4,6,12-14,16-18,20,40,52,56,62-64,67-70,72-73,76-78H,3,5,7-11,15,19,21-39,41-51,53-55,57-61H2,1-2H3,(H,71,74)/b6-4+,14-13-,17-16-,20-18-,40-12+,56-52+. The van der Waals surface area contributed by atoms with Crippen molar-refractivity contribution in [3.63, 3.8) is 0 Å². The summed E-state index contributed by atoms with van der Waals surface area (Å²) in [4.78, 5) is 25.1. The average molecular weight is 1140 g/mol. The fourth-order valence-electron chi connectivity index (χ4n) is 10.3. The van der Waals surface area contributed by atoms with Gasteiger partial charge >= 0.3 is 5.97 Å². The normalized spacial score (nSPS) is 18.7. The number of esters is 1. The number of carbonyl (C=O) groups excluding carboxylic acids is 2. The molecule has 1 aliphatic heterocycles. The van der Waals surface area contributed by atoms with E-state index in [2.05, 4.69) is 66.9 Å². The van der Waals surface area contributed by atoms with E-state index in [0.717, 1.165) is 77.0 Å². The molecule has 7 unspecified atom stereocenters. The minimum Gasteiger partial charge on any atom is -0.466 e. The third-order valence-corrected chi connectivity index (χ3v) is 15.6. The predicted octanol–water partition coefficient (Wildman–Crippen LogP) is 16.7. The lowest BCUT2D eigenvalue weighted by Gasteiger charge is -2.40. The van der Waals surface area contributed by atoms with Gasteiger partial charge in [-0.3, -0.25) is 9.59 Å². The van der Waals surface area contributed by atoms with Crippen molar-refractivity contribution in [3.05, 3.63) is 72.9 Å². The maximum absolute atomic E-state index is 13.0. The van der Waals surface area contributed by atoms with E-state index in [0.29, 0.717) is 19.4 Å². The summed E-state index contributed by atoms with van der Waals surface area (Å²) in [6.07, 6.45) is 69.2. The van der Waals surface area contributed by atoms with Crippen molar-refractivity contribution in [1.29, 1.82) is 0 Å². The summed E-state index contributed by atoms with van der Waals surface area (Å²) in [6, 6.07) is -0.836. The molecule has 1 amide bonds. The zero-order chi connectivity index (χ0) is 58.7. The highest BCUT2D eigenvalue weighted by atomic mass is 16.7. The Bertz CT molecular complexity index is 1580. The van der Waals surface area contributed by atoms with E-state index in [1.165, 1.54) is 193 Å². The molecule has 11 nitrogen and oxygen atoms in total. The minimum atomic E-state index is -1.58. The molecule has 0 radical (unpaired) electrons. The van der Waals surface area contributed by atoms with Gasteiger partial charge in [-0.2, -0.15) is 0 Å². The summed E-state index contributed by atoms with van der Waals surface area (Å²) in [5.41, 5.74) is 0. The number of rotatable bonds is 58. The van der Waals surface area contributed by atoms with Crippen LogP contribution < -0.4 is 5.32 Å². The first kappa shape index (κ1) is 76.1. The highest BCUT2D eigenvalue weighted by molar-refractivity contribution is 5.76. The van der Waals surface area contributed by atoms with Crippen molar-refractivity contribution in [1.82, 2.24) is 5.32 Å². The minimum absolute atomic E-state index is 0.00436. The highest BCUT2D eigenvalue weighted by Gasteiger charge is 2.44. The van der Waals surface area contributed by atoms with E-state index in [9.17, 15) is 35.1 Å². The van der Waals surface area contributed by atoms with E-state index in [-0.39, 0.29) is 18.5 Å². The molecule has 6 N–H and O–H groups in total. The summed E-state index contributed by atoms with van der Waals surface area (Å²) < 4.78 is 16.7.